The van der Waals surface area contributed by atoms with Gasteiger partial charge >= 0.3 is 5.97 Å². The molecule has 4 rings (SSSR count). The number of aromatic carboxylic acids is 1. The summed E-state index contributed by atoms with van der Waals surface area (Å²) in [6.07, 6.45) is 4.73. The van der Waals surface area contributed by atoms with Gasteiger partial charge in [0.25, 0.3) is 11.8 Å². The Morgan fingerprint density at radius 3 is 2.29 bits per heavy atom. The molecule has 212 valence electrons. The van der Waals surface area contributed by atoms with E-state index < -0.39 is 23.0 Å². The number of nitrogens with one attached hydrogen (secondary N) is 3. The monoisotopic (exact) mass is 580 g/mol. The van der Waals surface area contributed by atoms with E-state index in [0.717, 1.165) is 10.5 Å². The van der Waals surface area contributed by atoms with Crippen molar-refractivity contribution in [1.82, 2.24) is 10.3 Å². The zero-order valence-corrected chi connectivity index (χ0v) is 23.6. The second-order valence-electron chi connectivity index (χ2n) is 9.23. The van der Waals surface area contributed by atoms with E-state index in [2.05, 4.69) is 20.9 Å². The van der Waals surface area contributed by atoms with Gasteiger partial charge in [-0.05, 0) is 85.6 Å². The van der Waals surface area contributed by atoms with E-state index in [0.29, 0.717) is 22.5 Å². The number of carbonyl (C=O) groups is 4. The van der Waals surface area contributed by atoms with E-state index in [1.807, 2.05) is 0 Å². The minimum Gasteiger partial charge on any atom is -0.478 e. The quantitative estimate of drug-likeness (QED) is 0.141. The lowest BCUT2D eigenvalue weighted by molar-refractivity contribution is -0.115. The Labute approximate surface area is 247 Å². The first-order valence-electron chi connectivity index (χ1n) is 12.9. The summed E-state index contributed by atoms with van der Waals surface area (Å²) in [6.45, 7) is 3.54. The fourth-order valence-corrected chi connectivity index (χ4v) is 4.63. The molecule has 1 aromatic heterocycles. The first kappa shape index (κ1) is 29.8. The number of hydrogen-bond acceptors (Lipinski definition) is 6. The Kier molecular flexibility index (Phi) is 9.85. The number of pyridine rings is 1. The Hall–Kier alpha value is -5.22. The van der Waals surface area contributed by atoms with Crippen LogP contribution >= 0.6 is 11.8 Å². The van der Waals surface area contributed by atoms with E-state index in [1.54, 1.807) is 105 Å². The lowest BCUT2D eigenvalue weighted by atomic mass is 10.1. The summed E-state index contributed by atoms with van der Waals surface area (Å²) in [5.74, 6) is -2.29. The van der Waals surface area contributed by atoms with Crippen molar-refractivity contribution in [3.05, 3.63) is 125 Å². The molecule has 42 heavy (non-hydrogen) atoms. The van der Waals surface area contributed by atoms with Crippen LogP contribution in [-0.2, 0) is 9.59 Å². The van der Waals surface area contributed by atoms with Gasteiger partial charge in [-0.3, -0.25) is 19.4 Å². The first-order valence-corrected chi connectivity index (χ1v) is 13.8. The standard InChI is InChI=1S/C32H28N4O5S/c1-20-10-11-24(32(40)41)18-27(20)35-29(37)21(2)42-26-14-12-25(13-15-26)34-31(39)28(17-22-7-6-16-33-19-22)36-30(38)23-8-4-3-5-9-23/h3-19,21H,1-2H3,(H,34,39)(H,35,37)(H,36,38)(H,40,41)/b28-17-. The highest BCUT2D eigenvalue weighted by Crippen LogP contribution is 2.27. The number of hydrogen-bond donors (Lipinski definition) is 4. The smallest absolute Gasteiger partial charge is 0.335 e. The molecule has 0 fully saturated rings. The average Bonchev–Trinajstić information content (AvgIpc) is 2.99. The van der Waals surface area contributed by atoms with Crippen LogP contribution in [0.4, 0.5) is 11.4 Å². The number of carboxylic acids is 1. The molecule has 0 aliphatic heterocycles. The van der Waals surface area contributed by atoms with Crippen LogP contribution in [0.2, 0.25) is 0 Å². The number of carbonyl (C=O) groups excluding carboxylic acids is 3. The van der Waals surface area contributed by atoms with E-state index >= 15 is 0 Å². The molecule has 0 bridgehead atoms. The molecule has 3 aromatic carbocycles. The van der Waals surface area contributed by atoms with Crippen LogP contribution in [0, 0.1) is 6.92 Å². The van der Waals surface area contributed by atoms with Crippen molar-refractivity contribution in [3.8, 4) is 0 Å². The van der Waals surface area contributed by atoms with Crippen LogP contribution in [0.25, 0.3) is 6.08 Å². The van der Waals surface area contributed by atoms with Crippen LogP contribution in [0.1, 0.15) is 38.8 Å². The van der Waals surface area contributed by atoms with Crippen molar-refractivity contribution in [2.45, 2.75) is 24.0 Å². The fourth-order valence-electron chi connectivity index (χ4n) is 3.77. The third-order valence-corrected chi connectivity index (χ3v) is 7.17. The van der Waals surface area contributed by atoms with Gasteiger partial charge in [-0.25, -0.2) is 4.79 Å². The average molecular weight is 581 g/mol. The van der Waals surface area contributed by atoms with Gasteiger partial charge in [0.05, 0.1) is 10.8 Å². The van der Waals surface area contributed by atoms with Crippen LogP contribution in [0.5, 0.6) is 0 Å². The number of amides is 3. The third-order valence-electron chi connectivity index (χ3n) is 6.06. The van der Waals surface area contributed by atoms with Crippen LogP contribution in [-0.4, -0.2) is 39.0 Å². The SMILES string of the molecule is Cc1ccc(C(=O)O)cc1NC(=O)C(C)Sc1ccc(NC(=O)/C(=C/c2cccnc2)NC(=O)c2ccccc2)cc1. The number of thioether (sulfide) groups is 1. The minimum absolute atomic E-state index is 0.0443. The fraction of sp³-hybridized carbons (Fsp3) is 0.0938. The highest BCUT2D eigenvalue weighted by atomic mass is 32.2. The van der Waals surface area contributed by atoms with Crippen LogP contribution in [0.3, 0.4) is 0 Å². The van der Waals surface area contributed by atoms with Gasteiger partial charge in [0.2, 0.25) is 5.91 Å². The number of aryl methyl sites for hydroxylation is 1. The normalized spacial score (nSPS) is 11.7. The summed E-state index contributed by atoms with van der Waals surface area (Å²) in [5, 5.41) is 17.0. The van der Waals surface area contributed by atoms with Crippen molar-refractivity contribution in [1.29, 1.82) is 0 Å². The molecule has 1 unspecified atom stereocenters. The van der Waals surface area contributed by atoms with Crippen molar-refractivity contribution >= 4 is 52.9 Å². The molecule has 0 aliphatic rings. The van der Waals surface area contributed by atoms with Crippen LogP contribution in [0.15, 0.2) is 108 Å². The van der Waals surface area contributed by atoms with Crippen molar-refractivity contribution in [2.24, 2.45) is 0 Å². The van der Waals surface area contributed by atoms with Crippen LogP contribution < -0.4 is 16.0 Å². The minimum atomic E-state index is -1.07. The predicted molar refractivity (Wildman–Crippen MR) is 163 cm³/mol. The molecule has 1 heterocycles. The van der Waals surface area contributed by atoms with E-state index in [1.165, 1.54) is 23.9 Å². The second-order valence-corrected chi connectivity index (χ2v) is 10.6. The summed E-state index contributed by atoms with van der Waals surface area (Å²) in [6, 6.07) is 23.6. The van der Waals surface area contributed by atoms with Gasteiger partial charge in [0.1, 0.15) is 5.70 Å². The Balaban J connectivity index is 1.41. The summed E-state index contributed by atoms with van der Waals surface area (Å²) >= 11 is 1.31. The molecule has 9 nitrogen and oxygen atoms in total. The summed E-state index contributed by atoms with van der Waals surface area (Å²) in [4.78, 5) is 54.9. The molecule has 4 N–H and O–H groups in total. The van der Waals surface area contributed by atoms with E-state index in [9.17, 15) is 24.3 Å². The number of anilines is 2. The summed E-state index contributed by atoms with van der Waals surface area (Å²) in [7, 11) is 0. The van der Waals surface area contributed by atoms with Gasteiger partial charge in [0, 0.05) is 34.2 Å². The topological polar surface area (TPSA) is 137 Å². The van der Waals surface area contributed by atoms with E-state index in [4.69, 9.17) is 0 Å². The first-order chi connectivity index (χ1) is 20.2. The van der Waals surface area contributed by atoms with Gasteiger partial charge in [-0.15, -0.1) is 11.8 Å². The number of carboxylic acid groups (broad SMARTS) is 1. The lowest BCUT2D eigenvalue weighted by Crippen LogP contribution is -2.30. The third kappa shape index (κ3) is 8.15. The van der Waals surface area contributed by atoms with E-state index in [-0.39, 0.29) is 17.2 Å². The predicted octanol–water partition coefficient (Wildman–Crippen LogP) is 5.62. The van der Waals surface area contributed by atoms with Gasteiger partial charge in [-0.1, -0.05) is 30.3 Å². The van der Waals surface area contributed by atoms with Gasteiger partial charge < -0.3 is 21.1 Å². The van der Waals surface area contributed by atoms with Gasteiger partial charge in [-0.2, -0.15) is 0 Å². The number of benzene rings is 3. The molecule has 4 aromatic rings. The maximum Gasteiger partial charge on any atom is 0.335 e. The van der Waals surface area contributed by atoms with Crippen molar-refractivity contribution in [2.75, 3.05) is 10.6 Å². The lowest BCUT2D eigenvalue weighted by Gasteiger charge is -2.15. The molecular weight excluding hydrogens is 552 g/mol. The molecule has 0 radical (unpaired) electrons. The highest BCUT2D eigenvalue weighted by molar-refractivity contribution is 8.00. The number of nitrogens with zero attached hydrogens (tertiary/aromatic N) is 1. The summed E-state index contributed by atoms with van der Waals surface area (Å²) in [5.41, 5.74) is 2.87. The van der Waals surface area contributed by atoms with Crippen molar-refractivity contribution < 1.29 is 24.3 Å². The molecule has 0 saturated heterocycles. The summed E-state index contributed by atoms with van der Waals surface area (Å²) < 4.78 is 0. The molecule has 0 spiro atoms. The molecule has 3 amide bonds. The zero-order valence-electron chi connectivity index (χ0n) is 22.8. The molecule has 1 atom stereocenters. The molecule has 0 saturated carbocycles. The molecular formula is C32H28N4O5S. The highest BCUT2D eigenvalue weighted by Gasteiger charge is 2.18. The van der Waals surface area contributed by atoms with Gasteiger partial charge in [0.15, 0.2) is 0 Å². The Morgan fingerprint density at radius 2 is 1.62 bits per heavy atom. The Bertz CT molecular complexity index is 1620. The molecule has 0 aliphatic carbocycles. The largest absolute Gasteiger partial charge is 0.478 e. The zero-order chi connectivity index (χ0) is 30.1. The Morgan fingerprint density at radius 1 is 0.881 bits per heavy atom. The molecule has 10 heteroatoms. The second kappa shape index (κ2) is 13.9. The maximum atomic E-state index is 13.2. The maximum absolute atomic E-state index is 13.2. The number of aromatic nitrogens is 1. The van der Waals surface area contributed by atoms with Crippen molar-refractivity contribution in [3.63, 3.8) is 0 Å². The number of rotatable bonds is 10.